The molecule has 2 fully saturated rings. The van der Waals surface area contributed by atoms with Crippen LogP contribution in [0.2, 0.25) is 5.02 Å². The molecule has 0 atom stereocenters. The van der Waals surface area contributed by atoms with Crippen LogP contribution in [0.25, 0.3) is 0 Å². The van der Waals surface area contributed by atoms with E-state index in [1.54, 1.807) is 7.11 Å². The molecule has 0 spiro atoms. The summed E-state index contributed by atoms with van der Waals surface area (Å²) in [5.41, 5.74) is 7.33. The van der Waals surface area contributed by atoms with Crippen molar-refractivity contribution >= 4 is 11.6 Å². The highest BCUT2D eigenvalue weighted by molar-refractivity contribution is 6.30. The first-order valence-electron chi connectivity index (χ1n) is 7.93. The summed E-state index contributed by atoms with van der Waals surface area (Å²) >= 11 is 6.31. The molecular formula is C17H24ClNO2. The third-order valence-electron chi connectivity index (χ3n) is 4.82. The zero-order valence-electron chi connectivity index (χ0n) is 12.7. The van der Waals surface area contributed by atoms with Crippen LogP contribution < -0.4 is 15.2 Å². The Balaban J connectivity index is 2.07. The Morgan fingerprint density at radius 1 is 1.24 bits per heavy atom. The molecule has 21 heavy (non-hydrogen) atoms. The second-order valence-electron chi connectivity index (χ2n) is 6.35. The van der Waals surface area contributed by atoms with Crippen LogP contribution in [-0.4, -0.2) is 19.8 Å². The Labute approximate surface area is 131 Å². The predicted molar refractivity (Wildman–Crippen MR) is 85.5 cm³/mol. The highest BCUT2D eigenvalue weighted by Gasteiger charge is 2.38. The van der Waals surface area contributed by atoms with Crippen molar-refractivity contribution in [1.82, 2.24) is 0 Å². The van der Waals surface area contributed by atoms with Crippen molar-refractivity contribution in [2.75, 3.05) is 13.7 Å². The van der Waals surface area contributed by atoms with Gasteiger partial charge in [-0.05, 0) is 31.7 Å². The van der Waals surface area contributed by atoms with E-state index in [4.69, 9.17) is 26.8 Å². The van der Waals surface area contributed by atoms with Gasteiger partial charge in [0.1, 0.15) is 0 Å². The number of ether oxygens (including phenoxy) is 2. The van der Waals surface area contributed by atoms with E-state index >= 15 is 0 Å². The van der Waals surface area contributed by atoms with E-state index in [0.717, 1.165) is 42.7 Å². The monoisotopic (exact) mass is 309 g/mol. The number of rotatable bonds is 5. The summed E-state index contributed by atoms with van der Waals surface area (Å²) in [5, 5.41) is 0.698. The molecule has 2 aliphatic rings. The van der Waals surface area contributed by atoms with Gasteiger partial charge in [0.2, 0.25) is 0 Å². The van der Waals surface area contributed by atoms with Crippen molar-refractivity contribution in [2.24, 2.45) is 5.73 Å². The molecule has 4 heteroatoms. The van der Waals surface area contributed by atoms with Gasteiger partial charge in [0.25, 0.3) is 0 Å². The molecule has 2 aliphatic carbocycles. The van der Waals surface area contributed by atoms with Crippen molar-refractivity contribution < 1.29 is 9.47 Å². The van der Waals surface area contributed by atoms with Gasteiger partial charge in [0.05, 0.1) is 13.2 Å². The number of methoxy groups -OCH3 is 1. The number of nitrogens with two attached hydrogens (primary N) is 1. The maximum atomic E-state index is 6.31. The molecule has 0 unspecified atom stereocenters. The maximum Gasteiger partial charge on any atom is 0.165 e. The van der Waals surface area contributed by atoms with Gasteiger partial charge in [-0.15, -0.1) is 0 Å². The fourth-order valence-corrected chi connectivity index (χ4v) is 3.61. The van der Waals surface area contributed by atoms with Gasteiger partial charge >= 0.3 is 0 Å². The topological polar surface area (TPSA) is 44.5 Å². The average molecular weight is 310 g/mol. The molecule has 0 radical (unpaired) electrons. The van der Waals surface area contributed by atoms with Crippen LogP contribution in [0, 0.1) is 0 Å². The van der Waals surface area contributed by atoms with E-state index in [2.05, 4.69) is 0 Å². The second kappa shape index (κ2) is 6.05. The second-order valence-corrected chi connectivity index (χ2v) is 6.78. The van der Waals surface area contributed by atoms with Crippen LogP contribution in [0.15, 0.2) is 12.1 Å². The Kier molecular flexibility index (Phi) is 4.32. The molecule has 0 bridgehead atoms. The third kappa shape index (κ3) is 3.00. The predicted octanol–water partition coefficient (Wildman–Crippen LogP) is 4.05. The van der Waals surface area contributed by atoms with Gasteiger partial charge in [-0.25, -0.2) is 0 Å². The van der Waals surface area contributed by atoms with Crippen molar-refractivity contribution in [3.63, 3.8) is 0 Å². The average Bonchev–Trinajstić information content (AvgIpc) is 3.33. The van der Waals surface area contributed by atoms with Crippen LogP contribution in [0.5, 0.6) is 11.5 Å². The largest absolute Gasteiger partial charge is 0.493 e. The summed E-state index contributed by atoms with van der Waals surface area (Å²) in [7, 11) is 1.67. The molecule has 1 aromatic rings. The molecule has 0 aliphatic heterocycles. The van der Waals surface area contributed by atoms with E-state index in [0.29, 0.717) is 17.7 Å². The van der Waals surface area contributed by atoms with Gasteiger partial charge in [0, 0.05) is 28.6 Å². The maximum absolute atomic E-state index is 6.31. The summed E-state index contributed by atoms with van der Waals surface area (Å²) in [6.45, 7) is 0.636. The Bertz CT molecular complexity index is 508. The smallest absolute Gasteiger partial charge is 0.165 e. The SMILES string of the molecule is COc1cc(Cl)cc(C2(CN)CCCCC2)c1OC1CC1. The lowest BCUT2D eigenvalue weighted by Gasteiger charge is -2.38. The summed E-state index contributed by atoms with van der Waals surface area (Å²) < 4.78 is 11.7. The number of halogens is 1. The van der Waals surface area contributed by atoms with Crippen LogP contribution in [-0.2, 0) is 5.41 Å². The minimum atomic E-state index is -0.0132. The Morgan fingerprint density at radius 3 is 2.52 bits per heavy atom. The van der Waals surface area contributed by atoms with Crippen molar-refractivity contribution in [2.45, 2.75) is 56.5 Å². The minimum Gasteiger partial charge on any atom is -0.493 e. The number of hydrogen-bond donors (Lipinski definition) is 1. The molecule has 0 saturated heterocycles. The molecule has 2 N–H and O–H groups in total. The quantitative estimate of drug-likeness (QED) is 0.892. The standard InChI is InChI=1S/C17H24ClNO2/c1-20-15-10-12(18)9-14(16(15)21-13-5-6-13)17(11-19)7-3-2-4-8-17/h9-10,13H,2-8,11,19H2,1H3. The zero-order valence-corrected chi connectivity index (χ0v) is 13.4. The van der Waals surface area contributed by atoms with E-state index in [-0.39, 0.29) is 5.41 Å². The summed E-state index contributed by atoms with van der Waals surface area (Å²) in [4.78, 5) is 0. The lowest BCUT2D eigenvalue weighted by Crippen LogP contribution is -2.37. The van der Waals surface area contributed by atoms with Gasteiger partial charge in [0.15, 0.2) is 11.5 Å². The van der Waals surface area contributed by atoms with E-state index in [1.807, 2.05) is 12.1 Å². The molecular weight excluding hydrogens is 286 g/mol. The van der Waals surface area contributed by atoms with E-state index in [9.17, 15) is 0 Å². The first-order valence-corrected chi connectivity index (χ1v) is 8.31. The molecule has 1 aromatic carbocycles. The molecule has 0 aromatic heterocycles. The normalized spacial score (nSPS) is 21.1. The Morgan fingerprint density at radius 2 is 1.95 bits per heavy atom. The zero-order chi connectivity index (χ0) is 14.9. The summed E-state index contributed by atoms with van der Waals surface area (Å²) in [6, 6.07) is 3.88. The minimum absolute atomic E-state index is 0.0132. The third-order valence-corrected chi connectivity index (χ3v) is 5.04. The lowest BCUT2D eigenvalue weighted by molar-refractivity contribution is 0.251. The van der Waals surface area contributed by atoms with Crippen molar-refractivity contribution in [3.05, 3.63) is 22.7 Å². The van der Waals surface area contributed by atoms with Gasteiger partial charge in [-0.1, -0.05) is 30.9 Å². The molecule has 3 rings (SSSR count). The van der Waals surface area contributed by atoms with Crippen LogP contribution in [0.3, 0.4) is 0 Å². The first-order chi connectivity index (χ1) is 10.2. The molecule has 116 valence electrons. The van der Waals surface area contributed by atoms with Crippen molar-refractivity contribution in [3.8, 4) is 11.5 Å². The van der Waals surface area contributed by atoms with Gasteiger partial charge < -0.3 is 15.2 Å². The molecule has 0 amide bonds. The van der Waals surface area contributed by atoms with Crippen molar-refractivity contribution in [1.29, 1.82) is 0 Å². The summed E-state index contributed by atoms with van der Waals surface area (Å²) in [6.07, 6.45) is 8.52. The molecule has 2 saturated carbocycles. The molecule has 3 nitrogen and oxygen atoms in total. The van der Waals surface area contributed by atoms with E-state index < -0.39 is 0 Å². The van der Waals surface area contributed by atoms with Gasteiger partial charge in [-0.2, -0.15) is 0 Å². The van der Waals surface area contributed by atoms with Crippen LogP contribution >= 0.6 is 11.6 Å². The van der Waals surface area contributed by atoms with Gasteiger partial charge in [-0.3, -0.25) is 0 Å². The number of hydrogen-bond acceptors (Lipinski definition) is 3. The lowest BCUT2D eigenvalue weighted by atomic mass is 9.69. The first kappa shape index (κ1) is 15.0. The van der Waals surface area contributed by atoms with E-state index in [1.165, 1.54) is 19.3 Å². The molecule has 0 heterocycles. The fraction of sp³-hybridized carbons (Fsp3) is 0.647. The Hall–Kier alpha value is -0.930. The number of benzene rings is 1. The van der Waals surface area contributed by atoms with Crippen LogP contribution in [0.1, 0.15) is 50.5 Å². The highest BCUT2D eigenvalue weighted by Crippen LogP contribution is 2.48. The fourth-order valence-electron chi connectivity index (χ4n) is 3.40. The van der Waals surface area contributed by atoms with Crippen LogP contribution in [0.4, 0.5) is 0 Å². The highest BCUT2D eigenvalue weighted by atomic mass is 35.5. The summed E-state index contributed by atoms with van der Waals surface area (Å²) in [5.74, 6) is 1.61.